The lowest BCUT2D eigenvalue weighted by atomic mass is 10.0. The number of pyridine rings is 1. The predicted molar refractivity (Wildman–Crippen MR) is 193 cm³/mol. The minimum atomic E-state index is -0.898. The topological polar surface area (TPSA) is 128 Å². The number of thiocarbonyl (C=S) groups is 1. The van der Waals surface area contributed by atoms with Crippen molar-refractivity contribution in [1.29, 1.82) is 0 Å². The Labute approximate surface area is 294 Å². The quantitative estimate of drug-likeness (QED) is 0.171. The van der Waals surface area contributed by atoms with Crippen LogP contribution in [0.2, 0.25) is 0 Å². The highest BCUT2D eigenvalue weighted by Gasteiger charge is 2.43. The first-order valence-electron chi connectivity index (χ1n) is 16.6. The fourth-order valence-electron chi connectivity index (χ4n) is 5.79. The molecule has 2 aromatic carbocycles. The molecule has 11 nitrogen and oxygen atoms in total. The number of carbonyl (C=O) groups excluding carboxylic acids is 3. The lowest BCUT2D eigenvalue weighted by molar-refractivity contribution is -0.142. The number of alkyl carbamates (subject to hydrolysis) is 1. The maximum atomic E-state index is 14.3. The van der Waals surface area contributed by atoms with Gasteiger partial charge < -0.3 is 34.5 Å². The Kier molecular flexibility index (Phi) is 12.4. The van der Waals surface area contributed by atoms with Crippen molar-refractivity contribution in [3.05, 3.63) is 54.6 Å². The summed E-state index contributed by atoms with van der Waals surface area (Å²) in [6.07, 6.45) is 0.381. The molecule has 264 valence electrons. The van der Waals surface area contributed by atoms with E-state index in [1.165, 1.54) is 7.11 Å². The van der Waals surface area contributed by atoms with E-state index in [0.717, 1.165) is 16.6 Å². The summed E-state index contributed by atoms with van der Waals surface area (Å²) in [7, 11) is 2.94. The third-order valence-electron chi connectivity index (χ3n) is 8.18. The zero-order valence-electron chi connectivity index (χ0n) is 29.6. The second kappa shape index (κ2) is 16.3. The molecule has 12 heteroatoms. The van der Waals surface area contributed by atoms with Gasteiger partial charge in [0.15, 0.2) is 0 Å². The number of likely N-dealkylation sites (tertiary alicyclic amines) is 1. The van der Waals surface area contributed by atoms with Gasteiger partial charge in [-0.05, 0) is 45.2 Å². The van der Waals surface area contributed by atoms with Crippen LogP contribution >= 0.6 is 12.2 Å². The molecule has 1 aromatic heterocycles. The number of fused-ring (bicyclic) bond motifs is 1. The van der Waals surface area contributed by atoms with Crippen molar-refractivity contribution >= 4 is 46.1 Å². The smallest absolute Gasteiger partial charge is 0.408 e. The molecule has 4 atom stereocenters. The summed E-state index contributed by atoms with van der Waals surface area (Å²) < 4.78 is 22.7. The van der Waals surface area contributed by atoms with E-state index in [2.05, 4.69) is 10.6 Å². The molecule has 0 saturated carbocycles. The Bertz CT molecular complexity index is 1640. The van der Waals surface area contributed by atoms with E-state index < -0.39 is 41.9 Å². The molecular formula is C37H48N4O7S. The molecular weight excluding hydrogens is 644 g/mol. The Hall–Kier alpha value is -4.45. The Morgan fingerprint density at radius 2 is 1.76 bits per heavy atom. The summed E-state index contributed by atoms with van der Waals surface area (Å²) >= 11 is 5.88. The number of esters is 1. The van der Waals surface area contributed by atoms with Crippen molar-refractivity contribution in [1.82, 2.24) is 20.5 Å². The average Bonchev–Trinajstić information content (AvgIpc) is 3.49. The molecule has 0 aliphatic carbocycles. The highest BCUT2D eigenvalue weighted by Crippen LogP contribution is 2.35. The van der Waals surface area contributed by atoms with Crippen LogP contribution in [0.25, 0.3) is 22.2 Å². The maximum Gasteiger partial charge on any atom is 0.408 e. The zero-order chi connectivity index (χ0) is 35.9. The summed E-state index contributed by atoms with van der Waals surface area (Å²) in [6, 6.07) is 15.1. The van der Waals surface area contributed by atoms with Gasteiger partial charge in [0.1, 0.15) is 35.3 Å². The molecule has 2 N–H and O–H groups in total. The van der Waals surface area contributed by atoms with Crippen LogP contribution in [0, 0.1) is 5.92 Å². The number of ether oxygens (including phenoxy) is 4. The second-order valence-electron chi connectivity index (χ2n) is 13.5. The van der Waals surface area contributed by atoms with E-state index in [1.807, 2.05) is 75.4 Å². The minimum Gasteiger partial charge on any atom is -0.497 e. The minimum absolute atomic E-state index is 0.182. The molecule has 2 amide bonds. The number of nitrogens with one attached hydrogen (secondary N) is 2. The number of nitrogens with zero attached hydrogens (tertiary/aromatic N) is 2. The number of methoxy groups -OCH3 is 2. The van der Waals surface area contributed by atoms with Crippen molar-refractivity contribution in [2.45, 2.75) is 90.6 Å². The first-order valence-corrected chi connectivity index (χ1v) is 17.0. The molecule has 1 aliphatic heterocycles. The van der Waals surface area contributed by atoms with E-state index in [4.69, 9.17) is 36.1 Å². The number of hydrogen-bond acceptors (Lipinski definition) is 9. The van der Waals surface area contributed by atoms with Gasteiger partial charge in [-0.2, -0.15) is 0 Å². The second-order valence-corrected chi connectivity index (χ2v) is 13.9. The van der Waals surface area contributed by atoms with E-state index in [9.17, 15) is 14.4 Å². The van der Waals surface area contributed by atoms with Gasteiger partial charge in [-0.1, -0.05) is 69.7 Å². The van der Waals surface area contributed by atoms with Gasteiger partial charge in [-0.25, -0.2) is 14.6 Å². The van der Waals surface area contributed by atoms with Gasteiger partial charge in [0.05, 0.1) is 43.0 Å². The van der Waals surface area contributed by atoms with Crippen LogP contribution in [0.5, 0.6) is 11.5 Å². The number of hydrogen-bond donors (Lipinski definition) is 2. The van der Waals surface area contributed by atoms with Crippen LogP contribution in [0.4, 0.5) is 4.79 Å². The molecule has 3 aromatic rings. The molecule has 1 fully saturated rings. The molecule has 1 saturated heterocycles. The van der Waals surface area contributed by atoms with Crippen LogP contribution in [-0.2, 0) is 19.1 Å². The highest BCUT2D eigenvalue weighted by atomic mass is 32.1. The van der Waals surface area contributed by atoms with Crippen LogP contribution in [0.3, 0.4) is 0 Å². The number of benzene rings is 2. The fraction of sp³-hybridized carbons (Fsp3) is 0.486. The van der Waals surface area contributed by atoms with Gasteiger partial charge in [-0.15, -0.1) is 0 Å². The largest absolute Gasteiger partial charge is 0.497 e. The van der Waals surface area contributed by atoms with Gasteiger partial charge in [0, 0.05) is 29.5 Å². The Morgan fingerprint density at radius 3 is 2.37 bits per heavy atom. The molecule has 4 rings (SSSR count). The fourth-order valence-corrected chi connectivity index (χ4v) is 6.15. The maximum absolute atomic E-state index is 14.3. The third kappa shape index (κ3) is 9.59. The molecule has 49 heavy (non-hydrogen) atoms. The Morgan fingerprint density at radius 1 is 1.04 bits per heavy atom. The van der Waals surface area contributed by atoms with Crippen molar-refractivity contribution in [2.24, 2.45) is 5.92 Å². The van der Waals surface area contributed by atoms with E-state index in [1.54, 1.807) is 32.8 Å². The lowest BCUT2D eigenvalue weighted by Gasteiger charge is -2.32. The van der Waals surface area contributed by atoms with E-state index >= 15 is 0 Å². The predicted octanol–water partition coefficient (Wildman–Crippen LogP) is 6.07. The van der Waals surface area contributed by atoms with Crippen molar-refractivity contribution in [3.8, 4) is 22.8 Å². The van der Waals surface area contributed by atoms with Crippen LogP contribution in [-0.4, -0.2) is 83.4 Å². The summed E-state index contributed by atoms with van der Waals surface area (Å²) in [5.41, 5.74) is 1.59. The number of amides is 2. The van der Waals surface area contributed by atoms with Crippen LogP contribution in [0.1, 0.15) is 60.8 Å². The van der Waals surface area contributed by atoms with Crippen LogP contribution < -0.4 is 20.1 Å². The third-order valence-corrected chi connectivity index (χ3v) is 8.57. The van der Waals surface area contributed by atoms with Gasteiger partial charge in [0.25, 0.3) is 0 Å². The molecule has 1 aliphatic rings. The van der Waals surface area contributed by atoms with E-state index in [-0.39, 0.29) is 18.4 Å². The first-order chi connectivity index (χ1) is 23.2. The summed E-state index contributed by atoms with van der Waals surface area (Å²) in [5, 5.41) is 6.72. The summed E-state index contributed by atoms with van der Waals surface area (Å²) in [6.45, 7) is 11.1. The molecule has 0 spiro atoms. The molecule has 0 bridgehead atoms. The van der Waals surface area contributed by atoms with Crippen molar-refractivity contribution in [3.63, 3.8) is 0 Å². The summed E-state index contributed by atoms with van der Waals surface area (Å²) in [4.78, 5) is 46.6. The monoisotopic (exact) mass is 692 g/mol. The lowest BCUT2D eigenvalue weighted by Crippen LogP contribution is -2.56. The molecule has 4 unspecified atom stereocenters. The number of aromatic nitrogens is 1. The standard InChI is InChI=1S/C37H48N4O7S/c1-9-13-27(35(43)46-8)39-33(49)30-19-25(21-41(30)34(42)32(22(2)3)40-36(44)48-37(4,5)6)47-31-20-28(23-14-11-10-12-15-23)38-29-18-24(45-7)16-17-26(29)31/h10-12,14-18,20,22,25,27,30,32H,9,13,19,21H2,1-8H3,(H,39,49)(H,40,44). The van der Waals surface area contributed by atoms with Crippen molar-refractivity contribution < 1.29 is 33.3 Å². The number of rotatable bonds is 12. The van der Waals surface area contributed by atoms with Gasteiger partial charge in [-0.3, -0.25) is 4.79 Å². The summed E-state index contributed by atoms with van der Waals surface area (Å²) in [5.74, 6) is 0.216. The van der Waals surface area contributed by atoms with E-state index in [0.29, 0.717) is 41.3 Å². The highest BCUT2D eigenvalue weighted by molar-refractivity contribution is 7.80. The molecule has 0 radical (unpaired) electrons. The average molecular weight is 693 g/mol. The van der Waals surface area contributed by atoms with Gasteiger partial charge in [0.2, 0.25) is 5.91 Å². The van der Waals surface area contributed by atoms with Crippen LogP contribution in [0.15, 0.2) is 54.6 Å². The van der Waals surface area contributed by atoms with Crippen molar-refractivity contribution in [2.75, 3.05) is 20.8 Å². The normalized spacial score (nSPS) is 17.3. The van der Waals surface area contributed by atoms with Gasteiger partial charge >= 0.3 is 12.1 Å². The molecule has 2 heterocycles. The zero-order valence-corrected chi connectivity index (χ0v) is 30.4. The SMILES string of the molecule is CCCC(NC(=S)C1CC(Oc2cc(-c3ccccc3)nc3cc(OC)ccc23)CN1C(=O)C(NC(=O)OC(C)(C)C)C(C)C)C(=O)OC. The first kappa shape index (κ1) is 37.4. The number of carbonyl (C=O) groups is 3. The Balaban J connectivity index is 1.70.